The quantitative estimate of drug-likeness (QED) is 0.669. The minimum absolute atomic E-state index is 0.0536. The number of carbonyl (C=O) groups is 3. The Kier molecular flexibility index (Phi) is 4.97. The molecule has 86 valence electrons. The monoisotopic (exact) mass is 216 g/mol. The van der Waals surface area contributed by atoms with Gasteiger partial charge in [0.25, 0.3) is 0 Å². The molecule has 0 unspecified atom stereocenters. The Labute approximate surface area is 88.1 Å². The summed E-state index contributed by atoms with van der Waals surface area (Å²) in [7, 11) is 0. The smallest absolute Gasteiger partial charge is 0.309 e. The molecular weight excluding hydrogens is 200 g/mol. The SMILES string of the molecule is CC(C)(CC(=O)CCCC(=O)O)C(=O)O. The Morgan fingerprint density at radius 2 is 1.60 bits per heavy atom. The highest BCUT2D eigenvalue weighted by Gasteiger charge is 2.29. The van der Waals surface area contributed by atoms with E-state index in [0.717, 1.165) is 0 Å². The van der Waals surface area contributed by atoms with E-state index in [-0.39, 0.29) is 31.5 Å². The van der Waals surface area contributed by atoms with Gasteiger partial charge in [-0.25, -0.2) is 0 Å². The average Bonchev–Trinajstić information content (AvgIpc) is 2.01. The summed E-state index contributed by atoms with van der Waals surface area (Å²) in [5.41, 5.74) is -1.07. The molecule has 15 heavy (non-hydrogen) atoms. The number of aliphatic carboxylic acids is 2. The van der Waals surface area contributed by atoms with E-state index in [2.05, 4.69) is 0 Å². The second-order valence-corrected chi connectivity index (χ2v) is 4.15. The zero-order chi connectivity index (χ0) is 12.1. The molecule has 0 aliphatic rings. The molecule has 0 heterocycles. The Bertz CT molecular complexity index is 267. The van der Waals surface area contributed by atoms with Crippen LogP contribution in [0.3, 0.4) is 0 Å². The van der Waals surface area contributed by atoms with E-state index >= 15 is 0 Å². The molecule has 0 aliphatic carbocycles. The van der Waals surface area contributed by atoms with Gasteiger partial charge in [0.15, 0.2) is 0 Å². The third kappa shape index (κ3) is 5.83. The van der Waals surface area contributed by atoms with Crippen LogP contribution in [0.15, 0.2) is 0 Å². The van der Waals surface area contributed by atoms with Crippen molar-refractivity contribution in [2.75, 3.05) is 0 Å². The molecule has 0 aromatic carbocycles. The van der Waals surface area contributed by atoms with Gasteiger partial charge in [0.2, 0.25) is 0 Å². The third-order valence-corrected chi connectivity index (χ3v) is 2.06. The van der Waals surface area contributed by atoms with Crippen molar-refractivity contribution in [3.8, 4) is 0 Å². The third-order valence-electron chi connectivity index (χ3n) is 2.06. The highest BCUT2D eigenvalue weighted by molar-refractivity contribution is 5.85. The number of carboxylic acid groups (broad SMARTS) is 2. The predicted octanol–water partition coefficient (Wildman–Crippen LogP) is 1.31. The molecule has 0 atom stereocenters. The zero-order valence-electron chi connectivity index (χ0n) is 8.95. The molecule has 0 aliphatic heterocycles. The minimum atomic E-state index is -1.07. The number of Topliss-reactive ketones (excluding diaryl/α,β-unsaturated/α-hetero) is 1. The summed E-state index contributed by atoms with van der Waals surface area (Å²) < 4.78 is 0. The number of hydrogen-bond acceptors (Lipinski definition) is 3. The summed E-state index contributed by atoms with van der Waals surface area (Å²) in [6.07, 6.45) is 0.286. The van der Waals surface area contributed by atoms with Crippen LogP contribution in [-0.2, 0) is 14.4 Å². The first kappa shape index (κ1) is 13.6. The molecule has 0 rings (SSSR count). The molecule has 0 saturated heterocycles. The first-order valence-corrected chi connectivity index (χ1v) is 4.72. The lowest BCUT2D eigenvalue weighted by Crippen LogP contribution is -2.26. The fourth-order valence-corrected chi connectivity index (χ4v) is 1.09. The molecule has 5 nitrogen and oxygen atoms in total. The average molecular weight is 216 g/mol. The Hall–Kier alpha value is -1.39. The molecule has 0 fully saturated rings. The molecule has 0 saturated carbocycles. The number of carbonyl (C=O) groups excluding carboxylic acids is 1. The topological polar surface area (TPSA) is 91.7 Å². The van der Waals surface area contributed by atoms with E-state index in [1.807, 2.05) is 0 Å². The molecule has 0 radical (unpaired) electrons. The standard InChI is InChI=1S/C10H16O5/c1-10(2,9(14)15)6-7(11)4-3-5-8(12)13/h3-6H2,1-2H3,(H,12,13)(H,14,15). The Morgan fingerprint density at radius 1 is 1.07 bits per heavy atom. The van der Waals surface area contributed by atoms with Crippen LogP contribution in [0.25, 0.3) is 0 Å². The van der Waals surface area contributed by atoms with Crippen LogP contribution < -0.4 is 0 Å². The second-order valence-electron chi connectivity index (χ2n) is 4.15. The number of carboxylic acids is 2. The van der Waals surface area contributed by atoms with Crippen molar-refractivity contribution in [3.05, 3.63) is 0 Å². The summed E-state index contributed by atoms with van der Waals surface area (Å²) in [5, 5.41) is 17.1. The van der Waals surface area contributed by atoms with Gasteiger partial charge in [0.05, 0.1) is 5.41 Å². The van der Waals surface area contributed by atoms with Crippen LogP contribution in [0.2, 0.25) is 0 Å². The lowest BCUT2D eigenvalue weighted by molar-refractivity contribution is -0.149. The van der Waals surface area contributed by atoms with Crippen molar-refractivity contribution >= 4 is 17.7 Å². The lowest BCUT2D eigenvalue weighted by atomic mass is 9.86. The van der Waals surface area contributed by atoms with E-state index in [9.17, 15) is 14.4 Å². The lowest BCUT2D eigenvalue weighted by Gasteiger charge is -2.17. The van der Waals surface area contributed by atoms with Crippen molar-refractivity contribution in [3.63, 3.8) is 0 Å². The van der Waals surface area contributed by atoms with E-state index in [1.54, 1.807) is 0 Å². The number of hydrogen-bond donors (Lipinski definition) is 2. The normalized spacial score (nSPS) is 11.1. The highest BCUT2D eigenvalue weighted by atomic mass is 16.4. The largest absolute Gasteiger partial charge is 0.481 e. The summed E-state index contributed by atoms with van der Waals surface area (Å²) in [4.78, 5) is 32.1. The van der Waals surface area contributed by atoms with Crippen molar-refractivity contribution in [1.29, 1.82) is 0 Å². The molecule has 2 N–H and O–H groups in total. The predicted molar refractivity (Wildman–Crippen MR) is 52.5 cm³/mol. The molecule has 0 aromatic heterocycles. The van der Waals surface area contributed by atoms with Crippen LogP contribution >= 0.6 is 0 Å². The second kappa shape index (κ2) is 5.48. The fourth-order valence-electron chi connectivity index (χ4n) is 1.09. The van der Waals surface area contributed by atoms with Crippen molar-refractivity contribution < 1.29 is 24.6 Å². The summed E-state index contributed by atoms with van der Waals surface area (Å²) in [6.45, 7) is 2.95. The van der Waals surface area contributed by atoms with Gasteiger partial charge in [0.1, 0.15) is 5.78 Å². The zero-order valence-corrected chi connectivity index (χ0v) is 8.95. The molecule has 5 heteroatoms. The first-order valence-electron chi connectivity index (χ1n) is 4.72. The molecule has 0 spiro atoms. The molecular formula is C10H16O5. The van der Waals surface area contributed by atoms with Crippen LogP contribution in [0, 0.1) is 5.41 Å². The van der Waals surface area contributed by atoms with Crippen LogP contribution in [0.4, 0.5) is 0 Å². The molecule has 0 amide bonds. The van der Waals surface area contributed by atoms with Crippen LogP contribution in [-0.4, -0.2) is 27.9 Å². The summed E-state index contributed by atoms with van der Waals surface area (Å²) in [5.74, 6) is -2.17. The minimum Gasteiger partial charge on any atom is -0.481 e. The first-order chi connectivity index (χ1) is 6.75. The van der Waals surface area contributed by atoms with Gasteiger partial charge >= 0.3 is 11.9 Å². The van der Waals surface area contributed by atoms with Gasteiger partial charge in [0, 0.05) is 19.3 Å². The van der Waals surface area contributed by atoms with Gasteiger partial charge in [-0.1, -0.05) is 0 Å². The van der Waals surface area contributed by atoms with Gasteiger partial charge in [-0.05, 0) is 20.3 Å². The van der Waals surface area contributed by atoms with Crippen molar-refractivity contribution in [1.82, 2.24) is 0 Å². The van der Waals surface area contributed by atoms with Gasteiger partial charge in [-0.2, -0.15) is 0 Å². The number of ketones is 1. The molecule has 0 aromatic rings. The highest BCUT2D eigenvalue weighted by Crippen LogP contribution is 2.21. The van der Waals surface area contributed by atoms with Crippen molar-refractivity contribution in [2.24, 2.45) is 5.41 Å². The Balaban J connectivity index is 3.94. The molecule has 0 bridgehead atoms. The van der Waals surface area contributed by atoms with Gasteiger partial charge in [-0.3, -0.25) is 14.4 Å². The maximum absolute atomic E-state index is 11.3. The maximum atomic E-state index is 11.3. The van der Waals surface area contributed by atoms with E-state index in [1.165, 1.54) is 13.8 Å². The van der Waals surface area contributed by atoms with Gasteiger partial charge in [-0.15, -0.1) is 0 Å². The van der Waals surface area contributed by atoms with E-state index in [4.69, 9.17) is 10.2 Å². The maximum Gasteiger partial charge on any atom is 0.309 e. The number of rotatable bonds is 7. The Morgan fingerprint density at radius 3 is 2.00 bits per heavy atom. The van der Waals surface area contributed by atoms with E-state index < -0.39 is 17.4 Å². The van der Waals surface area contributed by atoms with Crippen LogP contribution in [0.5, 0.6) is 0 Å². The fraction of sp³-hybridized carbons (Fsp3) is 0.700. The summed E-state index contributed by atoms with van der Waals surface area (Å²) in [6, 6.07) is 0. The van der Waals surface area contributed by atoms with Crippen molar-refractivity contribution in [2.45, 2.75) is 39.5 Å². The summed E-state index contributed by atoms with van der Waals surface area (Å²) >= 11 is 0. The van der Waals surface area contributed by atoms with Gasteiger partial charge < -0.3 is 10.2 Å². The van der Waals surface area contributed by atoms with E-state index in [0.29, 0.717) is 0 Å². The van der Waals surface area contributed by atoms with Crippen LogP contribution in [0.1, 0.15) is 39.5 Å².